The summed E-state index contributed by atoms with van der Waals surface area (Å²) in [5.41, 5.74) is 0.802. The number of benzene rings is 1. The third kappa shape index (κ3) is 1.66. The fourth-order valence-corrected chi connectivity index (χ4v) is 1.69. The van der Waals surface area contributed by atoms with Gasteiger partial charge in [0.05, 0.1) is 11.0 Å². The molecule has 5 nitrogen and oxygen atoms in total. The average Bonchev–Trinajstić information content (AvgIpc) is 2.25. The standard InChI is InChI=1S/C9H7ClN2O3/c10-7-8(11-9(7)13)5-1-3-6(4-2-5)12(14)15/h1-4,7-8H,(H,11,13)/t7-,8-/m1/s1. The van der Waals surface area contributed by atoms with Crippen LogP contribution in [0.1, 0.15) is 11.6 Å². The number of carbonyl (C=O) groups excluding carboxylic acids is 1. The molecule has 15 heavy (non-hydrogen) atoms. The fourth-order valence-electron chi connectivity index (χ4n) is 1.42. The summed E-state index contributed by atoms with van der Waals surface area (Å²) < 4.78 is 0. The molecule has 78 valence electrons. The first-order valence-corrected chi connectivity index (χ1v) is 4.72. The molecule has 2 rings (SSSR count). The molecular formula is C9H7ClN2O3. The van der Waals surface area contributed by atoms with E-state index in [2.05, 4.69) is 5.32 Å². The first-order valence-electron chi connectivity index (χ1n) is 4.28. The van der Waals surface area contributed by atoms with Crippen LogP contribution in [0.15, 0.2) is 24.3 Å². The predicted octanol–water partition coefficient (Wildman–Crippen LogP) is 1.37. The molecule has 1 heterocycles. The Morgan fingerprint density at radius 3 is 2.33 bits per heavy atom. The number of nitro benzene ring substituents is 1. The van der Waals surface area contributed by atoms with Crippen LogP contribution in [-0.4, -0.2) is 16.2 Å². The first kappa shape index (κ1) is 9.92. The molecule has 1 amide bonds. The highest BCUT2D eigenvalue weighted by Gasteiger charge is 2.38. The zero-order valence-corrected chi connectivity index (χ0v) is 8.27. The van der Waals surface area contributed by atoms with E-state index < -0.39 is 10.3 Å². The quantitative estimate of drug-likeness (QED) is 0.358. The second-order valence-corrected chi connectivity index (χ2v) is 3.71. The smallest absolute Gasteiger partial charge is 0.269 e. The Bertz CT molecular complexity index is 418. The van der Waals surface area contributed by atoms with Crippen LogP contribution in [0.5, 0.6) is 0 Å². The van der Waals surface area contributed by atoms with Crippen LogP contribution in [0.2, 0.25) is 0 Å². The normalized spacial score (nSPS) is 24.2. The van der Waals surface area contributed by atoms with E-state index in [0.717, 1.165) is 5.56 Å². The van der Waals surface area contributed by atoms with E-state index >= 15 is 0 Å². The molecule has 2 atom stereocenters. The van der Waals surface area contributed by atoms with Gasteiger partial charge in [0, 0.05) is 12.1 Å². The second-order valence-electron chi connectivity index (χ2n) is 3.24. The van der Waals surface area contributed by atoms with Gasteiger partial charge in [0.25, 0.3) is 5.69 Å². The lowest BCUT2D eigenvalue weighted by atomic mass is 9.96. The van der Waals surface area contributed by atoms with Crippen molar-refractivity contribution in [3.05, 3.63) is 39.9 Å². The van der Waals surface area contributed by atoms with Crippen molar-refractivity contribution in [1.82, 2.24) is 5.32 Å². The zero-order valence-electron chi connectivity index (χ0n) is 7.51. The molecule has 1 fully saturated rings. The maximum atomic E-state index is 10.8. The van der Waals surface area contributed by atoms with Gasteiger partial charge >= 0.3 is 0 Å². The third-order valence-electron chi connectivity index (χ3n) is 2.30. The molecule has 1 saturated heterocycles. The van der Waals surface area contributed by atoms with Gasteiger partial charge in [0.2, 0.25) is 5.91 Å². The monoisotopic (exact) mass is 226 g/mol. The summed E-state index contributed by atoms with van der Waals surface area (Å²) in [5, 5.41) is 12.4. The number of non-ortho nitro benzene ring substituents is 1. The first-order chi connectivity index (χ1) is 7.09. The summed E-state index contributed by atoms with van der Waals surface area (Å²) in [6.07, 6.45) is 0. The van der Waals surface area contributed by atoms with Crippen LogP contribution in [0, 0.1) is 10.1 Å². The molecule has 1 aliphatic rings. The van der Waals surface area contributed by atoms with Crippen LogP contribution in [0.25, 0.3) is 0 Å². The molecule has 6 heteroatoms. The highest BCUT2D eigenvalue weighted by molar-refractivity contribution is 6.33. The fraction of sp³-hybridized carbons (Fsp3) is 0.222. The van der Waals surface area contributed by atoms with E-state index in [1.54, 1.807) is 12.1 Å². The summed E-state index contributed by atoms with van der Waals surface area (Å²) in [4.78, 5) is 20.8. The summed E-state index contributed by atoms with van der Waals surface area (Å²) in [5.74, 6) is -0.208. The average molecular weight is 227 g/mol. The molecule has 0 unspecified atom stereocenters. The Morgan fingerprint density at radius 2 is 1.93 bits per heavy atom. The Hall–Kier alpha value is -1.62. The Kier molecular flexibility index (Phi) is 2.32. The van der Waals surface area contributed by atoms with Crippen LogP contribution in [0.3, 0.4) is 0 Å². The van der Waals surface area contributed by atoms with Crippen molar-refractivity contribution >= 4 is 23.2 Å². The van der Waals surface area contributed by atoms with Gasteiger partial charge in [0.1, 0.15) is 5.38 Å². The Labute approximate surface area is 90.2 Å². The molecule has 0 aliphatic carbocycles. The number of nitrogens with zero attached hydrogens (tertiary/aromatic N) is 1. The van der Waals surface area contributed by atoms with Gasteiger partial charge < -0.3 is 5.32 Å². The minimum absolute atomic E-state index is 0.0236. The summed E-state index contributed by atoms with van der Waals surface area (Å²) in [6.45, 7) is 0. The van der Waals surface area contributed by atoms with Gasteiger partial charge in [-0.05, 0) is 5.56 Å². The number of amides is 1. The minimum Gasteiger partial charge on any atom is -0.346 e. The molecule has 0 saturated carbocycles. The zero-order chi connectivity index (χ0) is 11.0. The number of β-lactam (4-membered cyclic amide) rings is 1. The number of nitrogens with one attached hydrogen (secondary N) is 1. The lowest BCUT2D eigenvalue weighted by Gasteiger charge is -2.32. The largest absolute Gasteiger partial charge is 0.346 e. The van der Waals surface area contributed by atoms with E-state index in [4.69, 9.17) is 11.6 Å². The van der Waals surface area contributed by atoms with Crippen LogP contribution in [-0.2, 0) is 4.79 Å². The minimum atomic E-state index is -0.577. The second kappa shape index (κ2) is 3.51. The van der Waals surface area contributed by atoms with Crippen molar-refractivity contribution in [3.8, 4) is 0 Å². The number of nitro groups is 1. The van der Waals surface area contributed by atoms with E-state index in [1.807, 2.05) is 0 Å². The Balaban J connectivity index is 2.18. The van der Waals surface area contributed by atoms with Crippen molar-refractivity contribution in [2.45, 2.75) is 11.4 Å². The van der Waals surface area contributed by atoms with Crippen molar-refractivity contribution < 1.29 is 9.72 Å². The number of carbonyl (C=O) groups is 1. The van der Waals surface area contributed by atoms with Crippen molar-refractivity contribution in [3.63, 3.8) is 0 Å². The van der Waals surface area contributed by atoms with Crippen LogP contribution < -0.4 is 5.32 Å². The number of hydrogen-bond acceptors (Lipinski definition) is 3. The molecule has 1 aromatic rings. The van der Waals surface area contributed by atoms with Gasteiger partial charge in [0.15, 0.2) is 0 Å². The van der Waals surface area contributed by atoms with E-state index in [-0.39, 0.29) is 17.6 Å². The van der Waals surface area contributed by atoms with Gasteiger partial charge in [-0.3, -0.25) is 14.9 Å². The SMILES string of the molecule is O=C1N[C@H](c2ccc([N+](=O)[O-])cc2)[C@H]1Cl. The molecule has 1 N–H and O–H groups in total. The molecule has 0 radical (unpaired) electrons. The van der Waals surface area contributed by atoms with Gasteiger partial charge in [-0.25, -0.2) is 0 Å². The number of alkyl halides is 1. The highest BCUT2D eigenvalue weighted by atomic mass is 35.5. The third-order valence-corrected chi connectivity index (χ3v) is 2.75. The van der Waals surface area contributed by atoms with E-state index in [9.17, 15) is 14.9 Å². The number of hydrogen-bond donors (Lipinski definition) is 1. The summed E-state index contributed by atoms with van der Waals surface area (Å²) in [7, 11) is 0. The molecule has 0 aromatic heterocycles. The topological polar surface area (TPSA) is 72.2 Å². The lowest BCUT2D eigenvalue weighted by molar-refractivity contribution is -0.384. The predicted molar refractivity (Wildman–Crippen MR) is 53.6 cm³/mol. The lowest BCUT2D eigenvalue weighted by Crippen LogP contribution is -2.52. The van der Waals surface area contributed by atoms with Crippen molar-refractivity contribution in [2.75, 3.05) is 0 Å². The van der Waals surface area contributed by atoms with E-state index in [0.29, 0.717) is 0 Å². The van der Waals surface area contributed by atoms with Gasteiger partial charge in [-0.1, -0.05) is 12.1 Å². The number of halogens is 1. The molecule has 1 aliphatic heterocycles. The summed E-state index contributed by atoms with van der Waals surface area (Å²) in [6, 6.07) is 5.74. The maximum absolute atomic E-state index is 10.8. The maximum Gasteiger partial charge on any atom is 0.269 e. The molecule has 0 bridgehead atoms. The Morgan fingerprint density at radius 1 is 1.33 bits per heavy atom. The van der Waals surface area contributed by atoms with Crippen molar-refractivity contribution in [2.24, 2.45) is 0 Å². The molecule has 0 spiro atoms. The number of rotatable bonds is 2. The van der Waals surface area contributed by atoms with Gasteiger partial charge in [-0.15, -0.1) is 11.6 Å². The molecular weight excluding hydrogens is 220 g/mol. The summed E-state index contributed by atoms with van der Waals surface area (Å²) >= 11 is 5.76. The van der Waals surface area contributed by atoms with Crippen LogP contribution >= 0.6 is 11.6 Å². The van der Waals surface area contributed by atoms with Crippen LogP contribution in [0.4, 0.5) is 5.69 Å². The highest BCUT2D eigenvalue weighted by Crippen LogP contribution is 2.29. The van der Waals surface area contributed by atoms with Crippen molar-refractivity contribution in [1.29, 1.82) is 0 Å². The van der Waals surface area contributed by atoms with E-state index in [1.165, 1.54) is 12.1 Å². The van der Waals surface area contributed by atoms with Gasteiger partial charge in [-0.2, -0.15) is 0 Å². The molecule has 1 aromatic carbocycles.